The molecule has 0 aromatic heterocycles. The van der Waals surface area contributed by atoms with E-state index in [-0.39, 0.29) is 5.75 Å². The minimum Gasteiger partial charge on any atom is -0.325 e. The lowest BCUT2D eigenvalue weighted by Crippen LogP contribution is -2.35. The highest BCUT2D eigenvalue weighted by atomic mass is 32.2. The van der Waals surface area contributed by atoms with E-state index >= 15 is 0 Å². The molecular formula is C7H14N2O4S. The summed E-state index contributed by atoms with van der Waals surface area (Å²) in [5.74, 6) is -0.949. The lowest BCUT2D eigenvalue weighted by atomic mass is 10.3. The third-order valence-electron chi connectivity index (χ3n) is 1.33. The summed E-state index contributed by atoms with van der Waals surface area (Å²) in [5.41, 5.74) is 0. The van der Waals surface area contributed by atoms with Crippen LogP contribution in [0.15, 0.2) is 0 Å². The van der Waals surface area contributed by atoms with Gasteiger partial charge in [-0.3, -0.25) is 10.1 Å². The van der Waals surface area contributed by atoms with E-state index in [1.54, 1.807) is 0 Å². The molecule has 82 valence electrons. The van der Waals surface area contributed by atoms with Gasteiger partial charge < -0.3 is 5.32 Å². The van der Waals surface area contributed by atoms with Gasteiger partial charge in [0.05, 0.1) is 5.75 Å². The standard InChI is InChI=1S/C5H8N2O4S.C2H6/c1-12(10,11)2-3-4(8)7-5(9)6-3;1-2/h3H,2H2,1H3,(H2,6,7,8,9);1-2H3/t3-;/m0./s1. The lowest BCUT2D eigenvalue weighted by molar-refractivity contribution is -0.119. The number of amides is 3. The Kier molecular flexibility index (Phi) is 4.55. The third-order valence-corrected chi connectivity index (χ3v) is 2.27. The predicted molar refractivity (Wildman–Crippen MR) is 51.5 cm³/mol. The first kappa shape index (κ1) is 12.9. The topological polar surface area (TPSA) is 92.3 Å². The predicted octanol–water partition coefficient (Wildman–Crippen LogP) is -0.735. The molecule has 0 aromatic rings. The number of hydrogen-bond donors (Lipinski definition) is 2. The molecule has 1 saturated heterocycles. The molecular weight excluding hydrogens is 208 g/mol. The molecule has 1 atom stereocenters. The lowest BCUT2D eigenvalue weighted by Gasteiger charge is -2.03. The van der Waals surface area contributed by atoms with Crippen molar-refractivity contribution >= 4 is 21.8 Å². The highest BCUT2D eigenvalue weighted by Gasteiger charge is 2.31. The zero-order valence-electron chi connectivity index (χ0n) is 8.33. The molecule has 1 fully saturated rings. The maximum Gasteiger partial charge on any atom is 0.322 e. The molecule has 0 unspecified atom stereocenters. The van der Waals surface area contributed by atoms with Crippen molar-refractivity contribution < 1.29 is 18.0 Å². The van der Waals surface area contributed by atoms with Crippen molar-refractivity contribution in [1.29, 1.82) is 0 Å². The summed E-state index contributed by atoms with van der Waals surface area (Å²) in [6.45, 7) is 4.00. The van der Waals surface area contributed by atoms with Gasteiger partial charge in [-0.2, -0.15) is 0 Å². The second-order valence-corrected chi connectivity index (χ2v) is 4.79. The minimum atomic E-state index is -3.24. The van der Waals surface area contributed by atoms with E-state index in [0.717, 1.165) is 6.26 Å². The van der Waals surface area contributed by atoms with Crippen molar-refractivity contribution in [3.05, 3.63) is 0 Å². The molecule has 0 bridgehead atoms. The van der Waals surface area contributed by atoms with Crippen molar-refractivity contribution in [3.63, 3.8) is 0 Å². The number of urea groups is 1. The third kappa shape index (κ3) is 4.22. The Hall–Kier alpha value is -1.11. The molecule has 0 saturated carbocycles. The van der Waals surface area contributed by atoms with Gasteiger partial charge in [0.2, 0.25) is 0 Å². The molecule has 1 heterocycles. The van der Waals surface area contributed by atoms with Gasteiger partial charge in [0.1, 0.15) is 15.9 Å². The van der Waals surface area contributed by atoms with E-state index in [0.29, 0.717) is 0 Å². The second kappa shape index (κ2) is 4.94. The Bertz CT molecular complexity index is 323. The summed E-state index contributed by atoms with van der Waals surface area (Å²) < 4.78 is 21.4. The summed E-state index contributed by atoms with van der Waals surface area (Å²) in [6.07, 6.45) is 1.00. The van der Waals surface area contributed by atoms with Crippen LogP contribution in [0.5, 0.6) is 0 Å². The van der Waals surface area contributed by atoms with Crippen LogP contribution >= 0.6 is 0 Å². The van der Waals surface area contributed by atoms with Gasteiger partial charge in [-0.1, -0.05) is 13.8 Å². The van der Waals surface area contributed by atoms with E-state index < -0.39 is 27.8 Å². The van der Waals surface area contributed by atoms with Crippen LogP contribution in [0.25, 0.3) is 0 Å². The summed E-state index contributed by atoms with van der Waals surface area (Å²) in [7, 11) is -3.24. The van der Waals surface area contributed by atoms with Gasteiger partial charge in [0.25, 0.3) is 5.91 Å². The largest absolute Gasteiger partial charge is 0.325 e. The van der Waals surface area contributed by atoms with Gasteiger partial charge in [-0.25, -0.2) is 13.2 Å². The first-order chi connectivity index (χ1) is 6.38. The van der Waals surface area contributed by atoms with Gasteiger partial charge in [-0.15, -0.1) is 0 Å². The first-order valence-electron chi connectivity index (χ1n) is 4.17. The molecule has 0 spiro atoms. The monoisotopic (exact) mass is 222 g/mol. The van der Waals surface area contributed by atoms with E-state index in [2.05, 4.69) is 5.32 Å². The normalized spacial score (nSPS) is 20.6. The second-order valence-electron chi connectivity index (χ2n) is 2.61. The Morgan fingerprint density at radius 1 is 1.29 bits per heavy atom. The van der Waals surface area contributed by atoms with Crippen LogP contribution in [-0.4, -0.2) is 38.4 Å². The Morgan fingerprint density at radius 3 is 2.07 bits per heavy atom. The van der Waals surface area contributed by atoms with E-state index in [1.165, 1.54) is 0 Å². The summed E-state index contributed by atoms with van der Waals surface area (Å²) in [5, 5.41) is 4.12. The van der Waals surface area contributed by atoms with Crippen molar-refractivity contribution in [2.45, 2.75) is 19.9 Å². The number of carbonyl (C=O) groups excluding carboxylic acids is 2. The van der Waals surface area contributed by atoms with Crippen LogP contribution in [-0.2, 0) is 14.6 Å². The fourth-order valence-electron chi connectivity index (χ4n) is 0.879. The molecule has 1 aliphatic rings. The SMILES string of the molecule is CC.CS(=O)(=O)C[C@@H]1NC(=O)NC1=O. The zero-order chi connectivity index (χ0) is 11.4. The first-order valence-corrected chi connectivity index (χ1v) is 6.23. The molecule has 0 aliphatic carbocycles. The summed E-state index contributed by atoms with van der Waals surface area (Å²) in [4.78, 5) is 21.3. The molecule has 1 aliphatic heterocycles. The van der Waals surface area contributed by atoms with Crippen molar-refractivity contribution in [2.75, 3.05) is 12.0 Å². The Labute approximate surface area is 83.0 Å². The number of sulfone groups is 1. The van der Waals surface area contributed by atoms with Crippen LogP contribution in [0.1, 0.15) is 13.8 Å². The highest BCUT2D eigenvalue weighted by Crippen LogP contribution is 1.96. The smallest absolute Gasteiger partial charge is 0.322 e. The van der Waals surface area contributed by atoms with Crippen LogP contribution in [0.4, 0.5) is 4.79 Å². The fourth-order valence-corrected chi connectivity index (χ4v) is 1.72. The summed E-state index contributed by atoms with van der Waals surface area (Å²) in [6, 6.07) is -1.58. The number of nitrogens with one attached hydrogen (secondary N) is 2. The Balaban J connectivity index is 0.000000791. The fraction of sp³-hybridized carbons (Fsp3) is 0.714. The number of rotatable bonds is 2. The van der Waals surface area contributed by atoms with Gasteiger partial charge in [0.15, 0.2) is 0 Å². The molecule has 6 nitrogen and oxygen atoms in total. The highest BCUT2D eigenvalue weighted by molar-refractivity contribution is 7.90. The maximum atomic E-state index is 10.8. The van der Waals surface area contributed by atoms with Crippen LogP contribution in [0.3, 0.4) is 0 Å². The molecule has 0 radical (unpaired) electrons. The average Bonchev–Trinajstić information content (AvgIpc) is 2.31. The Morgan fingerprint density at radius 2 is 1.79 bits per heavy atom. The van der Waals surface area contributed by atoms with E-state index in [4.69, 9.17) is 0 Å². The van der Waals surface area contributed by atoms with Crippen molar-refractivity contribution in [1.82, 2.24) is 10.6 Å². The molecule has 0 aromatic carbocycles. The van der Waals surface area contributed by atoms with Crippen LogP contribution in [0.2, 0.25) is 0 Å². The molecule has 1 rings (SSSR count). The van der Waals surface area contributed by atoms with Gasteiger partial charge >= 0.3 is 6.03 Å². The molecule has 14 heavy (non-hydrogen) atoms. The zero-order valence-corrected chi connectivity index (χ0v) is 9.14. The summed E-state index contributed by atoms with van der Waals surface area (Å²) >= 11 is 0. The average molecular weight is 222 g/mol. The number of imide groups is 1. The van der Waals surface area contributed by atoms with Gasteiger partial charge in [0, 0.05) is 6.26 Å². The van der Waals surface area contributed by atoms with E-state index in [1.807, 2.05) is 19.2 Å². The van der Waals surface area contributed by atoms with Crippen molar-refractivity contribution in [3.8, 4) is 0 Å². The van der Waals surface area contributed by atoms with E-state index in [9.17, 15) is 18.0 Å². The maximum absolute atomic E-state index is 10.8. The molecule has 3 amide bonds. The number of hydrogen-bond acceptors (Lipinski definition) is 4. The minimum absolute atomic E-state index is 0.357. The van der Waals surface area contributed by atoms with Crippen molar-refractivity contribution in [2.24, 2.45) is 0 Å². The quantitative estimate of drug-likeness (QED) is 0.602. The number of carbonyl (C=O) groups is 2. The van der Waals surface area contributed by atoms with Crippen LogP contribution in [0, 0.1) is 0 Å². The van der Waals surface area contributed by atoms with Gasteiger partial charge in [-0.05, 0) is 0 Å². The van der Waals surface area contributed by atoms with Crippen LogP contribution < -0.4 is 10.6 Å². The molecule has 2 N–H and O–H groups in total. The molecule has 7 heteroatoms.